The molecule has 0 aliphatic heterocycles. The first kappa shape index (κ1) is 11.7. The van der Waals surface area contributed by atoms with Crippen LogP contribution in [0.1, 0.15) is 5.76 Å². The number of aromatic nitrogens is 2. The molecule has 0 bridgehead atoms. The molecule has 3 aromatic heterocycles. The monoisotopic (exact) mass is 323 g/mol. The number of anilines is 1. The Morgan fingerprint density at radius 2 is 2.22 bits per heavy atom. The summed E-state index contributed by atoms with van der Waals surface area (Å²) in [4.78, 5) is 9.48. The van der Waals surface area contributed by atoms with Crippen LogP contribution in [0, 0.1) is 0 Å². The van der Waals surface area contributed by atoms with Gasteiger partial charge in [-0.3, -0.25) is 0 Å². The number of nitrogens with one attached hydrogen (secondary N) is 1. The Balaban J connectivity index is 1.68. The van der Waals surface area contributed by atoms with Gasteiger partial charge in [0.05, 0.1) is 5.39 Å². The topological polar surface area (TPSA) is 51.0 Å². The number of hydrogen-bond donors (Lipinski definition) is 1. The molecular weight excluding hydrogens is 314 g/mol. The minimum absolute atomic E-state index is 0.764. The second-order valence-corrected chi connectivity index (χ2v) is 5.42. The maximum absolute atomic E-state index is 5.44. The fourth-order valence-corrected chi connectivity index (χ4v) is 2.79. The number of nitrogens with zero attached hydrogens (tertiary/aromatic N) is 2. The zero-order valence-electron chi connectivity index (χ0n) is 9.39. The Morgan fingerprint density at radius 3 is 3.06 bits per heavy atom. The number of halogens is 1. The molecule has 0 fully saturated rings. The van der Waals surface area contributed by atoms with E-state index in [2.05, 4.69) is 31.2 Å². The first-order valence-corrected chi connectivity index (χ1v) is 7.16. The van der Waals surface area contributed by atoms with Gasteiger partial charge in [-0.2, -0.15) is 0 Å². The third kappa shape index (κ3) is 2.39. The van der Waals surface area contributed by atoms with Gasteiger partial charge in [0.1, 0.15) is 22.7 Å². The third-order valence-corrected chi connectivity index (χ3v) is 3.80. The Labute approximate surface area is 116 Å². The van der Waals surface area contributed by atoms with E-state index in [1.54, 1.807) is 17.7 Å². The highest BCUT2D eigenvalue weighted by Gasteiger charge is 2.04. The Hall–Kier alpha value is -1.40. The zero-order valence-corrected chi connectivity index (χ0v) is 11.8. The van der Waals surface area contributed by atoms with E-state index in [-0.39, 0.29) is 0 Å². The molecule has 0 aliphatic rings. The minimum atomic E-state index is 0.764. The average molecular weight is 324 g/mol. The van der Waals surface area contributed by atoms with Crippen LogP contribution in [0.2, 0.25) is 0 Å². The van der Waals surface area contributed by atoms with Gasteiger partial charge in [-0.1, -0.05) is 0 Å². The number of furan rings is 1. The molecule has 0 aromatic carbocycles. The van der Waals surface area contributed by atoms with E-state index in [0.29, 0.717) is 0 Å². The smallest absolute Gasteiger partial charge is 0.169 e. The van der Waals surface area contributed by atoms with Crippen molar-refractivity contribution < 1.29 is 4.42 Å². The van der Waals surface area contributed by atoms with Crippen molar-refractivity contribution >= 4 is 43.3 Å². The van der Waals surface area contributed by atoms with Crippen molar-refractivity contribution in [1.82, 2.24) is 9.97 Å². The van der Waals surface area contributed by atoms with E-state index in [9.17, 15) is 0 Å². The van der Waals surface area contributed by atoms with E-state index in [1.807, 2.05) is 23.6 Å². The molecule has 0 amide bonds. The molecule has 92 valence electrons. The van der Waals surface area contributed by atoms with Gasteiger partial charge in [0, 0.05) is 13.0 Å². The van der Waals surface area contributed by atoms with Crippen LogP contribution >= 0.6 is 27.3 Å². The summed E-state index contributed by atoms with van der Waals surface area (Å²) in [5.41, 5.74) is 0. The predicted octanol–water partition coefficient (Wildman–Crippen LogP) is 3.70. The largest absolute Gasteiger partial charge is 0.454 e. The summed E-state index contributed by atoms with van der Waals surface area (Å²) in [6, 6.07) is 5.90. The Kier molecular flexibility index (Phi) is 3.29. The van der Waals surface area contributed by atoms with Crippen LogP contribution < -0.4 is 5.32 Å². The summed E-state index contributed by atoms with van der Waals surface area (Å²) in [5.74, 6) is 1.83. The van der Waals surface area contributed by atoms with E-state index in [1.165, 1.54) is 0 Å². The van der Waals surface area contributed by atoms with Crippen LogP contribution in [-0.2, 0) is 6.42 Å². The molecule has 1 N–H and O–H groups in total. The van der Waals surface area contributed by atoms with Gasteiger partial charge in [0.25, 0.3) is 0 Å². The van der Waals surface area contributed by atoms with E-state index < -0.39 is 0 Å². The van der Waals surface area contributed by atoms with Gasteiger partial charge in [-0.15, -0.1) is 11.3 Å². The second kappa shape index (κ2) is 5.07. The van der Waals surface area contributed by atoms with Crippen LogP contribution in [-0.4, -0.2) is 16.5 Å². The Morgan fingerprint density at radius 1 is 1.28 bits per heavy atom. The molecule has 0 aliphatic carbocycles. The van der Waals surface area contributed by atoms with Gasteiger partial charge in [-0.05, 0) is 39.5 Å². The lowest BCUT2D eigenvalue weighted by atomic mass is 10.3. The highest BCUT2D eigenvalue weighted by Crippen LogP contribution is 2.23. The second-order valence-electron chi connectivity index (χ2n) is 3.74. The lowest BCUT2D eigenvalue weighted by Crippen LogP contribution is -2.06. The number of thiophene rings is 1. The summed E-state index contributed by atoms with van der Waals surface area (Å²) in [6.07, 6.45) is 2.41. The zero-order chi connectivity index (χ0) is 12.4. The molecule has 3 aromatic rings. The quantitative estimate of drug-likeness (QED) is 0.795. The van der Waals surface area contributed by atoms with Gasteiger partial charge in [-0.25, -0.2) is 9.97 Å². The molecule has 3 rings (SSSR count). The van der Waals surface area contributed by atoms with E-state index in [0.717, 1.165) is 39.4 Å². The normalized spacial score (nSPS) is 10.9. The molecule has 0 saturated heterocycles. The average Bonchev–Trinajstić information content (AvgIpc) is 2.98. The maximum atomic E-state index is 5.44. The van der Waals surface area contributed by atoms with Crippen LogP contribution in [0.3, 0.4) is 0 Å². The van der Waals surface area contributed by atoms with Crippen LogP contribution in [0.25, 0.3) is 10.2 Å². The molecule has 0 atom stereocenters. The van der Waals surface area contributed by atoms with Gasteiger partial charge in [0.2, 0.25) is 0 Å². The minimum Gasteiger partial charge on any atom is -0.454 e. The molecule has 4 nitrogen and oxygen atoms in total. The molecule has 0 unspecified atom stereocenters. The first-order chi connectivity index (χ1) is 8.83. The summed E-state index contributed by atoms with van der Waals surface area (Å²) < 4.78 is 6.20. The fraction of sp³-hybridized carbons (Fsp3) is 0.167. The van der Waals surface area contributed by atoms with Gasteiger partial charge in [0.15, 0.2) is 4.67 Å². The maximum Gasteiger partial charge on any atom is 0.169 e. The van der Waals surface area contributed by atoms with Crippen LogP contribution in [0.4, 0.5) is 5.82 Å². The van der Waals surface area contributed by atoms with Crippen molar-refractivity contribution in [1.29, 1.82) is 0 Å². The van der Waals surface area contributed by atoms with Gasteiger partial charge < -0.3 is 9.73 Å². The molecule has 0 spiro atoms. The standard InChI is InChI=1S/C12H10BrN3OS/c13-10-2-1-8(17-10)3-5-14-11-9-4-6-18-12(9)16-7-15-11/h1-2,4,6-7H,3,5H2,(H,14,15,16). The van der Waals surface area contributed by atoms with Crippen molar-refractivity contribution in [2.75, 3.05) is 11.9 Å². The van der Waals surface area contributed by atoms with Gasteiger partial charge >= 0.3 is 0 Å². The summed E-state index contributed by atoms with van der Waals surface area (Å²) >= 11 is 4.91. The number of rotatable bonds is 4. The Bertz CT molecular complexity index is 664. The third-order valence-electron chi connectivity index (χ3n) is 2.55. The summed E-state index contributed by atoms with van der Waals surface area (Å²) in [6.45, 7) is 0.780. The highest BCUT2D eigenvalue weighted by atomic mass is 79.9. The molecule has 0 radical (unpaired) electrons. The summed E-state index contributed by atoms with van der Waals surface area (Å²) in [5, 5.41) is 6.41. The fourth-order valence-electron chi connectivity index (χ4n) is 1.72. The van der Waals surface area contributed by atoms with Crippen molar-refractivity contribution in [3.05, 3.63) is 40.3 Å². The molecule has 0 saturated carbocycles. The first-order valence-electron chi connectivity index (χ1n) is 5.49. The van der Waals surface area contributed by atoms with Crippen LogP contribution in [0.5, 0.6) is 0 Å². The summed E-state index contributed by atoms with van der Waals surface area (Å²) in [7, 11) is 0. The molecule has 18 heavy (non-hydrogen) atoms. The number of fused-ring (bicyclic) bond motifs is 1. The lowest BCUT2D eigenvalue weighted by molar-refractivity contribution is 0.491. The van der Waals surface area contributed by atoms with Crippen LogP contribution in [0.15, 0.2) is 39.0 Å². The molecule has 6 heteroatoms. The predicted molar refractivity (Wildman–Crippen MR) is 76.0 cm³/mol. The molecular formula is C12H10BrN3OS. The highest BCUT2D eigenvalue weighted by molar-refractivity contribution is 9.10. The van der Waals surface area contributed by atoms with E-state index in [4.69, 9.17) is 4.42 Å². The van der Waals surface area contributed by atoms with Crippen molar-refractivity contribution in [2.45, 2.75) is 6.42 Å². The SMILES string of the molecule is Brc1ccc(CCNc2ncnc3sccc23)o1. The lowest BCUT2D eigenvalue weighted by Gasteiger charge is -2.04. The van der Waals surface area contributed by atoms with E-state index >= 15 is 0 Å². The van der Waals surface area contributed by atoms with Crippen molar-refractivity contribution in [2.24, 2.45) is 0 Å². The van der Waals surface area contributed by atoms with Crippen molar-refractivity contribution in [3.8, 4) is 0 Å². The number of hydrogen-bond acceptors (Lipinski definition) is 5. The molecule has 3 heterocycles. The van der Waals surface area contributed by atoms with Crippen molar-refractivity contribution in [3.63, 3.8) is 0 Å².